The molecule has 2 fully saturated rings. The summed E-state index contributed by atoms with van der Waals surface area (Å²) in [5, 5.41) is 8.83. The second-order valence-corrected chi connectivity index (χ2v) is 6.29. The summed E-state index contributed by atoms with van der Waals surface area (Å²) in [7, 11) is 0. The summed E-state index contributed by atoms with van der Waals surface area (Å²) in [6.45, 7) is 4.94. The van der Waals surface area contributed by atoms with Gasteiger partial charge in [0.15, 0.2) is 0 Å². The van der Waals surface area contributed by atoms with Crippen LogP contribution in [0.3, 0.4) is 0 Å². The maximum absolute atomic E-state index is 8.83. The molecule has 2 nitrogen and oxygen atoms in total. The van der Waals surface area contributed by atoms with E-state index in [-0.39, 0.29) is 5.60 Å². The molecule has 0 aromatic heterocycles. The number of ether oxygens (including phenoxy) is 1. The van der Waals surface area contributed by atoms with E-state index in [1.165, 1.54) is 44.9 Å². The summed E-state index contributed by atoms with van der Waals surface area (Å²) in [6.07, 6.45) is 10.7. The first kappa shape index (κ1) is 13.4. The van der Waals surface area contributed by atoms with Crippen molar-refractivity contribution in [1.29, 1.82) is 0 Å². The van der Waals surface area contributed by atoms with Crippen molar-refractivity contribution in [3.63, 3.8) is 0 Å². The largest absolute Gasteiger partial charge is 0.396 e. The van der Waals surface area contributed by atoms with E-state index in [4.69, 9.17) is 9.84 Å². The second kappa shape index (κ2) is 5.71. The van der Waals surface area contributed by atoms with Crippen LogP contribution < -0.4 is 0 Å². The molecule has 4 unspecified atom stereocenters. The molecule has 0 spiro atoms. The Hall–Kier alpha value is -0.0800. The van der Waals surface area contributed by atoms with Crippen LogP contribution in [0.1, 0.15) is 65.2 Å². The Balaban J connectivity index is 1.68. The summed E-state index contributed by atoms with van der Waals surface area (Å²) in [4.78, 5) is 0. The highest BCUT2D eigenvalue weighted by Gasteiger charge is 2.55. The Bertz CT molecular complexity index is 241. The molecular weight excluding hydrogens is 212 g/mol. The lowest BCUT2D eigenvalue weighted by Crippen LogP contribution is -2.22. The summed E-state index contributed by atoms with van der Waals surface area (Å²) in [5.41, 5.74) is 0.273. The smallest absolute Gasteiger partial charge is 0.0920 e. The van der Waals surface area contributed by atoms with Gasteiger partial charge in [0, 0.05) is 6.61 Å². The quantitative estimate of drug-likeness (QED) is 0.545. The highest BCUT2D eigenvalue weighted by Crippen LogP contribution is 2.50. The Kier molecular flexibility index (Phi) is 4.48. The van der Waals surface area contributed by atoms with E-state index in [9.17, 15) is 0 Å². The van der Waals surface area contributed by atoms with Gasteiger partial charge in [0.2, 0.25) is 0 Å². The minimum atomic E-state index is 0.273. The van der Waals surface area contributed by atoms with Gasteiger partial charge in [-0.15, -0.1) is 0 Å². The van der Waals surface area contributed by atoms with Crippen molar-refractivity contribution in [1.82, 2.24) is 0 Å². The van der Waals surface area contributed by atoms with Gasteiger partial charge in [-0.1, -0.05) is 26.2 Å². The van der Waals surface area contributed by atoms with Crippen molar-refractivity contribution in [3.8, 4) is 0 Å². The van der Waals surface area contributed by atoms with Crippen molar-refractivity contribution < 1.29 is 9.84 Å². The van der Waals surface area contributed by atoms with E-state index in [1.807, 2.05) is 0 Å². The van der Waals surface area contributed by atoms with Crippen LogP contribution in [0.25, 0.3) is 0 Å². The number of rotatable bonds is 7. The normalized spacial score (nSPS) is 37.6. The summed E-state index contributed by atoms with van der Waals surface area (Å²) in [5.74, 6) is 1.77. The number of unbranched alkanes of at least 4 members (excludes halogenated alkanes) is 1. The fraction of sp³-hybridized carbons (Fsp3) is 1.00. The van der Waals surface area contributed by atoms with E-state index in [2.05, 4.69) is 13.8 Å². The number of epoxide rings is 1. The van der Waals surface area contributed by atoms with Gasteiger partial charge >= 0.3 is 0 Å². The molecular formula is C15H28O2. The SMILES string of the molecule is CCC(CCCCO)CC1CCC2(C)OC2C1. The zero-order valence-corrected chi connectivity index (χ0v) is 11.5. The maximum Gasteiger partial charge on any atom is 0.0920 e. The predicted molar refractivity (Wildman–Crippen MR) is 70.0 cm³/mol. The third-order valence-electron chi connectivity index (χ3n) is 4.90. The second-order valence-electron chi connectivity index (χ2n) is 6.29. The lowest BCUT2D eigenvalue weighted by atomic mass is 9.77. The predicted octanol–water partition coefficient (Wildman–Crippen LogP) is 3.52. The number of aliphatic hydroxyl groups is 1. The van der Waals surface area contributed by atoms with Crippen LogP contribution in [0, 0.1) is 11.8 Å². The Morgan fingerprint density at radius 1 is 1.41 bits per heavy atom. The van der Waals surface area contributed by atoms with Crippen LogP contribution in [0.5, 0.6) is 0 Å². The molecule has 1 aliphatic heterocycles. The monoisotopic (exact) mass is 240 g/mol. The Morgan fingerprint density at radius 3 is 2.88 bits per heavy atom. The van der Waals surface area contributed by atoms with E-state index >= 15 is 0 Å². The molecule has 1 N–H and O–H groups in total. The van der Waals surface area contributed by atoms with Crippen molar-refractivity contribution in [2.45, 2.75) is 76.9 Å². The molecule has 4 atom stereocenters. The van der Waals surface area contributed by atoms with Gasteiger partial charge < -0.3 is 9.84 Å². The topological polar surface area (TPSA) is 32.8 Å². The number of aliphatic hydroxyl groups excluding tert-OH is 1. The van der Waals surface area contributed by atoms with E-state index in [0.29, 0.717) is 12.7 Å². The minimum absolute atomic E-state index is 0.273. The van der Waals surface area contributed by atoms with Crippen LogP contribution in [-0.2, 0) is 4.74 Å². The van der Waals surface area contributed by atoms with Crippen LogP contribution >= 0.6 is 0 Å². The van der Waals surface area contributed by atoms with Crippen molar-refractivity contribution in [2.75, 3.05) is 6.61 Å². The molecule has 2 aliphatic rings. The van der Waals surface area contributed by atoms with Gasteiger partial charge in [-0.2, -0.15) is 0 Å². The molecule has 2 rings (SSSR count). The van der Waals surface area contributed by atoms with Gasteiger partial charge in [0.05, 0.1) is 11.7 Å². The summed E-state index contributed by atoms with van der Waals surface area (Å²) < 4.78 is 5.78. The van der Waals surface area contributed by atoms with Gasteiger partial charge in [-0.05, 0) is 50.9 Å². The highest BCUT2D eigenvalue weighted by molar-refractivity contribution is 5.03. The zero-order chi connectivity index (χ0) is 12.3. The molecule has 1 saturated carbocycles. The first-order valence-electron chi connectivity index (χ1n) is 7.46. The maximum atomic E-state index is 8.83. The first-order chi connectivity index (χ1) is 8.18. The molecule has 2 heteroatoms. The van der Waals surface area contributed by atoms with Crippen molar-refractivity contribution in [2.24, 2.45) is 11.8 Å². The molecule has 0 radical (unpaired) electrons. The van der Waals surface area contributed by atoms with E-state index in [1.54, 1.807) is 0 Å². The fourth-order valence-electron chi connectivity index (χ4n) is 3.44. The van der Waals surface area contributed by atoms with Gasteiger partial charge in [0.25, 0.3) is 0 Å². The molecule has 0 aromatic rings. The van der Waals surface area contributed by atoms with Gasteiger partial charge in [-0.3, -0.25) is 0 Å². The average Bonchev–Trinajstić information content (AvgIpc) is 2.99. The first-order valence-corrected chi connectivity index (χ1v) is 7.46. The van der Waals surface area contributed by atoms with Crippen LogP contribution in [-0.4, -0.2) is 23.4 Å². The number of hydrogen-bond acceptors (Lipinski definition) is 2. The van der Waals surface area contributed by atoms with Gasteiger partial charge in [-0.25, -0.2) is 0 Å². The molecule has 1 heterocycles. The molecule has 100 valence electrons. The number of hydrogen-bond donors (Lipinski definition) is 1. The summed E-state index contributed by atoms with van der Waals surface area (Å²) in [6, 6.07) is 0. The lowest BCUT2D eigenvalue weighted by molar-refractivity contribution is 0.252. The molecule has 1 saturated heterocycles. The molecule has 0 amide bonds. The molecule has 0 aromatic carbocycles. The Morgan fingerprint density at radius 2 is 2.24 bits per heavy atom. The molecule has 17 heavy (non-hydrogen) atoms. The van der Waals surface area contributed by atoms with E-state index in [0.717, 1.165) is 18.3 Å². The van der Waals surface area contributed by atoms with Crippen LogP contribution in [0.4, 0.5) is 0 Å². The summed E-state index contributed by atoms with van der Waals surface area (Å²) >= 11 is 0. The highest BCUT2D eigenvalue weighted by atomic mass is 16.6. The van der Waals surface area contributed by atoms with E-state index < -0.39 is 0 Å². The Labute approximate surface area is 106 Å². The van der Waals surface area contributed by atoms with Crippen LogP contribution in [0.2, 0.25) is 0 Å². The van der Waals surface area contributed by atoms with Crippen molar-refractivity contribution >= 4 is 0 Å². The minimum Gasteiger partial charge on any atom is -0.396 e. The third kappa shape index (κ3) is 3.45. The molecule has 0 bridgehead atoms. The van der Waals surface area contributed by atoms with Crippen LogP contribution in [0.15, 0.2) is 0 Å². The molecule has 1 aliphatic carbocycles. The lowest BCUT2D eigenvalue weighted by Gasteiger charge is -2.26. The van der Waals surface area contributed by atoms with Gasteiger partial charge in [0.1, 0.15) is 0 Å². The third-order valence-corrected chi connectivity index (χ3v) is 4.90. The van der Waals surface area contributed by atoms with Crippen molar-refractivity contribution in [3.05, 3.63) is 0 Å². The zero-order valence-electron chi connectivity index (χ0n) is 11.5. The fourth-order valence-corrected chi connectivity index (χ4v) is 3.44. The standard InChI is InChI=1S/C15H28O2/c1-3-12(6-4-5-9-16)10-13-7-8-15(2)14(11-13)17-15/h12-14,16H,3-11H2,1-2H3. The average molecular weight is 240 g/mol. The number of fused-ring (bicyclic) bond motifs is 1.